The van der Waals surface area contributed by atoms with Gasteiger partial charge in [0, 0.05) is 18.5 Å². The summed E-state index contributed by atoms with van der Waals surface area (Å²) in [5.74, 6) is 1.45. The summed E-state index contributed by atoms with van der Waals surface area (Å²) in [7, 11) is 0. The van der Waals surface area contributed by atoms with E-state index in [1.165, 1.54) is 25.7 Å². The van der Waals surface area contributed by atoms with Crippen LogP contribution in [0, 0.1) is 11.3 Å². The van der Waals surface area contributed by atoms with Crippen LogP contribution in [-0.4, -0.2) is 29.3 Å². The summed E-state index contributed by atoms with van der Waals surface area (Å²) in [5, 5.41) is 0. The van der Waals surface area contributed by atoms with Crippen molar-refractivity contribution in [2.24, 2.45) is 11.3 Å². The van der Waals surface area contributed by atoms with E-state index in [1.807, 2.05) is 13.8 Å². The molecule has 2 nitrogen and oxygen atoms in total. The first-order valence-electron chi connectivity index (χ1n) is 5.93. The molecule has 0 spiro atoms. The highest BCUT2D eigenvalue weighted by Gasteiger charge is 2.43. The third kappa shape index (κ3) is 1.89. The van der Waals surface area contributed by atoms with E-state index in [2.05, 4.69) is 4.90 Å². The van der Waals surface area contributed by atoms with Crippen LogP contribution >= 0.6 is 11.6 Å². The van der Waals surface area contributed by atoms with E-state index in [-0.39, 0.29) is 11.3 Å². The normalized spacial score (nSPS) is 30.7. The van der Waals surface area contributed by atoms with Crippen molar-refractivity contribution in [3.63, 3.8) is 0 Å². The maximum atomic E-state index is 12.3. The molecule has 1 aliphatic carbocycles. The van der Waals surface area contributed by atoms with Crippen LogP contribution in [0.1, 0.15) is 39.5 Å². The number of amides is 1. The topological polar surface area (TPSA) is 20.3 Å². The van der Waals surface area contributed by atoms with Gasteiger partial charge in [0.1, 0.15) is 0 Å². The second kappa shape index (κ2) is 3.97. The van der Waals surface area contributed by atoms with Crippen molar-refractivity contribution in [3.8, 4) is 0 Å². The van der Waals surface area contributed by atoms with E-state index in [9.17, 15) is 4.79 Å². The molecule has 0 aromatic carbocycles. The highest BCUT2D eigenvalue weighted by atomic mass is 35.5. The maximum Gasteiger partial charge on any atom is 0.229 e. The fraction of sp³-hybridized carbons (Fsp3) is 0.917. The minimum absolute atomic E-state index is 0.256. The zero-order valence-corrected chi connectivity index (χ0v) is 10.4. The molecule has 15 heavy (non-hydrogen) atoms. The highest BCUT2D eigenvalue weighted by Crippen LogP contribution is 2.39. The monoisotopic (exact) mass is 229 g/mol. The van der Waals surface area contributed by atoms with E-state index >= 15 is 0 Å². The Morgan fingerprint density at radius 1 is 1.40 bits per heavy atom. The van der Waals surface area contributed by atoms with Gasteiger partial charge in [-0.05, 0) is 39.0 Å². The molecule has 0 radical (unpaired) electrons. The summed E-state index contributed by atoms with van der Waals surface area (Å²) >= 11 is 5.86. The molecule has 1 amide bonds. The third-order valence-electron chi connectivity index (χ3n) is 3.93. The molecule has 0 bridgehead atoms. The summed E-state index contributed by atoms with van der Waals surface area (Å²) in [4.78, 5) is 14.4. The number of halogens is 1. The number of alkyl halides is 1. The lowest BCUT2D eigenvalue weighted by molar-refractivity contribution is -0.140. The molecule has 0 aromatic rings. The number of hydrogen-bond donors (Lipinski definition) is 0. The van der Waals surface area contributed by atoms with Gasteiger partial charge in [0.25, 0.3) is 0 Å². The standard InChI is InChI=1S/C12H20ClNO/c1-12(2,8-13)11(15)14-7-6-9-4-3-5-10(9)14/h9-10H,3-8H2,1-2H3. The molecule has 1 aliphatic heterocycles. The lowest BCUT2D eigenvalue weighted by Gasteiger charge is -2.31. The van der Waals surface area contributed by atoms with E-state index in [0.29, 0.717) is 11.9 Å². The van der Waals surface area contributed by atoms with E-state index < -0.39 is 0 Å². The van der Waals surface area contributed by atoms with E-state index in [1.54, 1.807) is 0 Å². The molecule has 2 aliphatic rings. The number of rotatable bonds is 2. The Kier molecular flexibility index (Phi) is 2.98. The van der Waals surface area contributed by atoms with Gasteiger partial charge >= 0.3 is 0 Å². The number of fused-ring (bicyclic) bond motifs is 1. The average Bonchev–Trinajstić information content (AvgIpc) is 2.77. The fourth-order valence-corrected chi connectivity index (χ4v) is 3.05. The predicted octanol–water partition coefficient (Wildman–Crippen LogP) is 2.65. The second-order valence-electron chi connectivity index (χ2n) is 5.56. The molecule has 1 heterocycles. The molecule has 2 fully saturated rings. The van der Waals surface area contributed by atoms with Gasteiger partial charge < -0.3 is 4.90 Å². The van der Waals surface area contributed by atoms with Crippen molar-refractivity contribution >= 4 is 17.5 Å². The molecule has 2 atom stereocenters. The fourth-order valence-electron chi connectivity index (χ4n) is 2.93. The number of carbonyl (C=O) groups excluding carboxylic acids is 1. The Bertz CT molecular complexity index is 264. The molecular formula is C12H20ClNO. The molecule has 2 unspecified atom stereocenters. The van der Waals surface area contributed by atoms with Crippen molar-refractivity contribution < 1.29 is 4.79 Å². The molecule has 86 valence electrons. The third-order valence-corrected chi connectivity index (χ3v) is 4.60. The molecule has 1 saturated carbocycles. The smallest absolute Gasteiger partial charge is 0.229 e. The number of hydrogen-bond acceptors (Lipinski definition) is 1. The van der Waals surface area contributed by atoms with Crippen molar-refractivity contribution in [3.05, 3.63) is 0 Å². The summed E-state index contributed by atoms with van der Waals surface area (Å²) in [5.41, 5.74) is -0.390. The number of carbonyl (C=O) groups is 1. The maximum absolute atomic E-state index is 12.3. The molecular weight excluding hydrogens is 210 g/mol. The molecule has 1 saturated heterocycles. The Hall–Kier alpha value is -0.240. The van der Waals surface area contributed by atoms with Crippen LogP contribution in [0.25, 0.3) is 0 Å². The average molecular weight is 230 g/mol. The number of likely N-dealkylation sites (tertiary alicyclic amines) is 1. The Morgan fingerprint density at radius 2 is 2.13 bits per heavy atom. The van der Waals surface area contributed by atoms with Crippen LogP contribution in [0.2, 0.25) is 0 Å². The molecule has 0 aromatic heterocycles. The SMILES string of the molecule is CC(C)(CCl)C(=O)N1CCC2CCCC21. The Balaban J connectivity index is 2.08. The Morgan fingerprint density at radius 3 is 2.80 bits per heavy atom. The van der Waals surface area contributed by atoms with Crippen molar-refractivity contribution in [2.75, 3.05) is 12.4 Å². The van der Waals surface area contributed by atoms with Crippen molar-refractivity contribution in [1.29, 1.82) is 0 Å². The minimum Gasteiger partial charge on any atom is -0.339 e. The van der Waals surface area contributed by atoms with Gasteiger partial charge in [0.15, 0.2) is 0 Å². The van der Waals surface area contributed by atoms with E-state index in [0.717, 1.165) is 12.5 Å². The van der Waals surface area contributed by atoms with Gasteiger partial charge in [-0.1, -0.05) is 6.42 Å². The Labute approximate surface area is 97.0 Å². The quantitative estimate of drug-likeness (QED) is 0.667. The largest absolute Gasteiger partial charge is 0.339 e. The van der Waals surface area contributed by atoms with E-state index in [4.69, 9.17) is 11.6 Å². The molecule has 0 N–H and O–H groups in total. The summed E-state index contributed by atoms with van der Waals surface area (Å²) < 4.78 is 0. The first kappa shape index (κ1) is 11.3. The summed E-state index contributed by atoms with van der Waals surface area (Å²) in [6.07, 6.45) is 5.01. The molecule has 2 rings (SSSR count). The van der Waals surface area contributed by atoms with Crippen LogP contribution in [0.5, 0.6) is 0 Å². The van der Waals surface area contributed by atoms with Crippen molar-refractivity contribution in [1.82, 2.24) is 4.90 Å². The van der Waals surface area contributed by atoms with Gasteiger partial charge in [0.2, 0.25) is 5.91 Å². The summed E-state index contributed by atoms with van der Waals surface area (Å²) in [6.45, 7) is 4.85. The zero-order valence-electron chi connectivity index (χ0n) is 9.63. The van der Waals surface area contributed by atoms with Crippen LogP contribution in [0.3, 0.4) is 0 Å². The van der Waals surface area contributed by atoms with Gasteiger partial charge in [-0.15, -0.1) is 11.6 Å². The zero-order chi connectivity index (χ0) is 11.1. The van der Waals surface area contributed by atoms with Gasteiger partial charge in [-0.25, -0.2) is 0 Å². The van der Waals surface area contributed by atoms with Crippen LogP contribution in [0.15, 0.2) is 0 Å². The number of nitrogens with zero attached hydrogens (tertiary/aromatic N) is 1. The van der Waals surface area contributed by atoms with Crippen LogP contribution in [0.4, 0.5) is 0 Å². The lowest BCUT2D eigenvalue weighted by atomic mass is 9.93. The molecule has 3 heteroatoms. The van der Waals surface area contributed by atoms with Crippen molar-refractivity contribution in [2.45, 2.75) is 45.6 Å². The van der Waals surface area contributed by atoms with Crippen LogP contribution in [-0.2, 0) is 4.79 Å². The van der Waals surface area contributed by atoms with Gasteiger partial charge in [0.05, 0.1) is 5.41 Å². The minimum atomic E-state index is -0.390. The van der Waals surface area contributed by atoms with Gasteiger partial charge in [-0.2, -0.15) is 0 Å². The lowest BCUT2D eigenvalue weighted by Crippen LogP contribution is -2.44. The van der Waals surface area contributed by atoms with Gasteiger partial charge in [-0.3, -0.25) is 4.79 Å². The summed E-state index contributed by atoms with van der Waals surface area (Å²) in [6, 6.07) is 0.528. The highest BCUT2D eigenvalue weighted by molar-refractivity contribution is 6.19. The predicted molar refractivity (Wildman–Crippen MR) is 62.0 cm³/mol. The first-order chi connectivity index (χ1) is 7.06. The van der Waals surface area contributed by atoms with Crippen LogP contribution < -0.4 is 0 Å². The first-order valence-corrected chi connectivity index (χ1v) is 6.47. The second-order valence-corrected chi connectivity index (χ2v) is 5.83.